The Hall–Kier alpha value is -1.66. The highest BCUT2D eigenvalue weighted by molar-refractivity contribution is 5.77. The zero-order valence-corrected chi connectivity index (χ0v) is 10.7. The third-order valence-corrected chi connectivity index (χ3v) is 3.54. The van der Waals surface area contributed by atoms with Gasteiger partial charge in [0.2, 0.25) is 0 Å². The molecule has 2 unspecified atom stereocenters. The summed E-state index contributed by atoms with van der Waals surface area (Å²) in [5.41, 5.74) is 1.10. The van der Waals surface area contributed by atoms with Crippen molar-refractivity contribution < 1.29 is 9.53 Å². The maximum absolute atomic E-state index is 12.0. The van der Waals surface area contributed by atoms with Crippen LogP contribution >= 0.6 is 0 Å². The van der Waals surface area contributed by atoms with Crippen molar-refractivity contribution in [3.63, 3.8) is 0 Å². The van der Waals surface area contributed by atoms with Crippen molar-refractivity contribution in [3.05, 3.63) is 30.1 Å². The van der Waals surface area contributed by atoms with Crippen LogP contribution in [-0.2, 0) is 4.74 Å². The van der Waals surface area contributed by atoms with E-state index in [4.69, 9.17) is 4.74 Å². The Labute approximate surface area is 112 Å². The summed E-state index contributed by atoms with van der Waals surface area (Å²) in [6, 6.07) is 4.16. The van der Waals surface area contributed by atoms with Gasteiger partial charge in [0.05, 0.1) is 19.3 Å². The van der Waals surface area contributed by atoms with Gasteiger partial charge in [0.15, 0.2) is 0 Å². The SMILES string of the molecule is O=C1NC(c2ccncc2)CN1CC1COCCN1. The Morgan fingerprint density at radius 1 is 1.42 bits per heavy atom. The van der Waals surface area contributed by atoms with Crippen molar-refractivity contribution in [1.29, 1.82) is 0 Å². The third-order valence-electron chi connectivity index (χ3n) is 3.54. The van der Waals surface area contributed by atoms with Crippen LogP contribution in [0.2, 0.25) is 0 Å². The van der Waals surface area contributed by atoms with Crippen molar-refractivity contribution in [2.45, 2.75) is 12.1 Å². The van der Waals surface area contributed by atoms with Gasteiger partial charge in [0.1, 0.15) is 0 Å². The van der Waals surface area contributed by atoms with Gasteiger partial charge in [-0.25, -0.2) is 4.79 Å². The number of ether oxygens (including phenoxy) is 1. The van der Waals surface area contributed by atoms with E-state index >= 15 is 0 Å². The van der Waals surface area contributed by atoms with Gasteiger partial charge in [-0.05, 0) is 17.7 Å². The predicted molar refractivity (Wildman–Crippen MR) is 69.7 cm³/mol. The highest BCUT2D eigenvalue weighted by Gasteiger charge is 2.31. The minimum Gasteiger partial charge on any atom is -0.378 e. The molecule has 3 rings (SSSR count). The normalized spacial score (nSPS) is 27.4. The zero-order valence-electron chi connectivity index (χ0n) is 10.7. The first-order chi connectivity index (χ1) is 9.33. The summed E-state index contributed by atoms with van der Waals surface area (Å²) in [6.07, 6.45) is 3.50. The molecule has 1 aromatic rings. The molecule has 2 atom stereocenters. The highest BCUT2D eigenvalue weighted by Crippen LogP contribution is 2.19. The van der Waals surface area contributed by atoms with Crippen molar-refractivity contribution in [1.82, 2.24) is 20.5 Å². The van der Waals surface area contributed by atoms with Crippen LogP contribution in [-0.4, -0.2) is 54.8 Å². The van der Waals surface area contributed by atoms with Crippen molar-refractivity contribution in [2.75, 3.05) is 32.8 Å². The number of hydrogen-bond donors (Lipinski definition) is 2. The van der Waals surface area contributed by atoms with Gasteiger partial charge in [0, 0.05) is 38.1 Å². The Bertz CT molecular complexity index is 434. The van der Waals surface area contributed by atoms with E-state index in [1.54, 1.807) is 12.4 Å². The fourth-order valence-electron chi connectivity index (χ4n) is 2.53. The van der Waals surface area contributed by atoms with Crippen LogP contribution < -0.4 is 10.6 Å². The number of nitrogens with zero attached hydrogens (tertiary/aromatic N) is 2. The summed E-state index contributed by atoms with van der Waals surface area (Å²) in [7, 11) is 0. The van der Waals surface area contributed by atoms with Gasteiger partial charge in [-0.3, -0.25) is 4.98 Å². The van der Waals surface area contributed by atoms with E-state index < -0.39 is 0 Å². The molecular weight excluding hydrogens is 244 g/mol. The fourth-order valence-corrected chi connectivity index (χ4v) is 2.53. The second-order valence-electron chi connectivity index (χ2n) is 4.91. The molecule has 2 amide bonds. The lowest BCUT2D eigenvalue weighted by Crippen LogP contribution is -2.49. The van der Waals surface area contributed by atoms with E-state index in [-0.39, 0.29) is 18.1 Å². The predicted octanol–water partition coefficient (Wildman–Crippen LogP) is 0.136. The smallest absolute Gasteiger partial charge is 0.318 e. The Morgan fingerprint density at radius 2 is 2.26 bits per heavy atom. The monoisotopic (exact) mass is 262 g/mol. The van der Waals surface area contributed by atoms with Gasteiger partial charge in [-0.15, -0.1) is 0 Å². The summed E-state index contributed by atoms with van der Waals surface area (Å²) >= 11 is 0. The van der Waals surface area contributed by atoms with E-state index in [1.165, 1.54) is 0 Å². The maximum atomic E-state index is 12.0. The van der Waals surface area contributed by atoms with Crippen molar-refractivity contribution in [3.8, 4) is 0 Å². The highest BCUT2D eigenvalue weighted by atomic mass is 16.5. The first kappa shape index (κ1) is 12.4. The van der Waals surface area contributed by atoms with Crippen molar-refractivity contribution >= 4 is 6.03 Å². The summed E-state index contributed by atoms with van der Waals surface area (Å²) in [5, 5.41) is 6.36. The van der Waals surface area contributed by atoms with Crippen LogP contribution in [0.5, 0.6) is 0 Å². The molecule has 2 fully saturated rings. The van der Waals surface area contributed by atoms with Gasteiger partial charge in [-0.2, -0.15) is 0 Å². The second-order valence-corrected chi connectivity index (χ2v) is 4.91. The number of hydrogen-bond acceptors (Lipinski definition) is 4. The van der Waals surface area contributed by atoms with Crippen LogP contribution in [0.15, 0.2) is 24.5 Å². The molecule has 2 aliphatic rings. The topological polar surface area (TPSA) is 66.5 Å². The molecule has 2 aliphatic heterocycles. The van der Waals surface area contributed by atoms with Crippen molar-refractivity contribution in [2.24, 2.45) is 0 Å². The average Bonchev–Trinajstić information content (AvgIpc) is 2.82. The molecule has 6 nitrogen and oxygen atoms in total. The molecule has 102 valence electrons. The van der Waals surface area contributed by atoms with E-state index in [0.29, 0.717) is 19.7 Å². The lowest BCUT2D eigenvalue weighted by Gasteiger charge is -2.27. The van der Waals surface area contributed by atoms with Gasteiger partial charge in [0.25, 0.3) is 0 Å². The number of rotatable bonds is 3. The molecule has 0 aliphatic carbocycles. The van der Waals surface area contributed by atoms with Gasteiger partial charge >= 0.3 is 6.03 Å². The number of urea groups is 1. The quantitative estimate of drug-likeness (QED) is 0.813. The third kappa shape index (κ3) is 2.85. The minimum absolute atomic E-state index is 0.00538. The Kier molecular flexibility index (Phi) is 3.61. The van der Waals surface area contributed by atoms with Crippen LogP contribution in [0.1, 0.15) is 11.6 Å². The molecule has 2 N–H and O–H groups in total. The molecule has 0 saturated carbocycles. The van der Waals surface area contributed by atoms with E-state index in [1.807, 2.05) is 17.0 Å². The first-order valence-corrected chi connectivity index (χ1v) is 6.59. The van der Waals surface area contributed by atoms with Crippen LogP contribution in [0.4, 0.5) is 4.79 Å². The molecule has 2 saturated heterocycles. The molecule has 6 heteroatoms. The standard InChI is InChI=1S/C13H18N4O2/c18-13-16-12(10-1-3-14-4-2-10)8-17(13)7-11-9-19-6-5-15-11/h1-4,11-12,15H,5-9H2,(H,16,18). The van der Waals surface area contributed by atoms with Gasteiger partial charge in [-0.1, -0.05) is 0 Å². The number of carbonyl (C=O) groups excluding carboxylic acids is 1. The Morgan fingerprint density at radius 3 is 3.00 bits per heavy atom. The number of nitrogens with one attached hydrogen (secondary N) is 2. The van der Waals surface area contributed by atoms with Crippen LogP contribution in [0.25, 0.3) is 0 Å². The molecule has 1 aromatic heterocycles. The van der Waals surface area contributed by atoms with Gasteiger partial charge < -0.3 is 20.3 Å². The number of aromatic nitrogens is 1. The lowest BCUT2D eigenvalue weighted by atomic mass is 10.1. The van der Waals surface area contributed by atoms with E-state index in [2.05, 4.69) is 15.6 Å². The zero-order chi connectivity index (χ0) is 13.1. The molecular formula is C13H18N4O2. The molecule has 19 heavy (non-hydrogen) atoms. The first-order valence-electron chi connectivity index (χ1n) is 6.59. The Balaban J connectivity index is 1.60. The molecule has 0 bridgehead atoms. The summed E-state index contributed by atoms with van der Waals surface area (Å²) in [4.78, 5) is 17.8. The fraction of sp³-hybridized carbons (Fsp3) is 0.538. The molecule has 0 radical (unpaired) electrons. The number of carbonyl (C=O) groups is 1. The average molecular weight is 262 g/mol. The maximum Gasteiger partial charge on any atom is 0.318 e. The van der Waals surface area contributed by atoms with Crippen LogP contribution in [0.3, 0.4) is 0 Å². The van der Waals surface area contributed by atoms with E-state index in [9.17, 15) is 4.79 Å². The number of morpholine rings is 1. The number of amides is 2. The molecule has 3 heterocycles. The van der Waals surface area contributed by atoms with E-state index in [0.717, 1.165) is 18.7 Å². The van der Waals surface area contributed by atoms with Crippen LogP contribution in [0, 0.1) is 0 Å². The molecule has 0 spiro atoms. The summed E-state index contributed by atoms with van der Waals surface area (Å²) in [6.45, 7) is 3.66. The lowest BCUT2D eigenvalue weighted by molar-refractivity contribution is 0.0679. The second kappa shape index (κ2) is 5.54. The summed E-state index contributed by atoms with van der Waals surface area (Å²) in [5.74, 6) is 0. The largest absolute Gasteiger partial charge is 0.378 e. The number of pyridine rings is 1. The summed E-state index contributed by atoms with van der Waals surface area (Å²) < 4.78 is 5.41. The molecule has 0 aromatic carbocycles. The minimum atomic E-state index is -0.00538.